The smallest absolute Gasteiger partial charge is 0.337 e. The maximum absolute atomic E-state index is 11.2. The predicted octanol–water partition coefficient (Wildman–Crippen LogP) is 4.67. The Morgan fingerprint density at radius 1 is 1.00 bits per heavy atom. The van der Waals surface area contributed by atoms with E-state index in [4.69, 9.17) is 45.6 Å². The van der Waals surface area contributed by atoms with Crippen LogP contribution in [-0.2, 0) is 0 Å². The van der Waals surface area contributed by atoms with Gasteiger partial charge in [0.25, 0.3) is 0 Å². The second kappa shape index (κ2) is 5.79. The Morgan fingerprint density at radius 3 is 2.30 bits per heavy atom. The molecular formula is C13H9Cl3N2O2. The van der Waals surface area contributed by atoms with Crippen molar-refractivity contribution in [3.05, 3.63) is 51.0 Å². The number of carbonyl (C=O) groups is 1. The summed E-state index contributed by atoms with van der Waals surface area (Å²) in [5.41, 5.74) is 6.91. The number of nitrogens with two attached hydrogens (primary N) is 1. The van der Waals surface area contributed by atoms with Gasteiger partial charge >= 0.3 is 5.97 Å². The molecule has 2 rings (SSSR count). The number of halogens is 3. The van der Waals surface area contributed by atoms with E-state index in [9.17, 15) is 4.79 Å². The molecule has 7 heteroatoms. The minimum Gasteiger partial charge on any atom is -0.478 e. The summed E-state index contributed by atoms with van der Waals surface area (Å²) in [6, 6.07) is 7.40. The standard InChI is InChI=1S/C13H9Cl3N2O2/c14-8-4-10(16)12(5-9(8)15)18-11-3-6(17)1-2-7(11)13(19)20/h1-5,18H,17H2,(H,19,20). The molecule has 0 aliphatic carbocycles. The summed E-state index contributed by atoms with van der Waals surface area (Å²) in [6.45, 7) is 0. The van der Waals surface area contributed by atoms with Gasteiger partial charge in [0.05, 0.1) is 32.0 Å². The fraction of sp³-hybridized carbons (Fsp3) is 0. The molecule has 0 atom stereocenters. The monoisotopic (exact) mass is 330 g/mol. The highest BCUT2D eigenvalue weighted by Crippen LogP contribution is 2.35. The summed E-state index contributed by atoms with van der Waals surface area (Å²) in [7, 11) is 0. The van der Waals surface area contributed by atoms with Crippen molar-refractivity contribution < 1.29 is 9.90 Å². The minimum absolute atomic E-state index is 0.0707. The van der Waals surface area contributed by atoms with Crippen molar-refractivity contribution in [2.45, 2.75) is 0 Å². The number of hydrogen-bond donors (Lipinski definition) is 3. The van der Waals surface area contributed by atoms with Crippen LogP contribution in [0.5, 0.6) is 0 Å². The van der Waals surface area contributed by atoms with Crippen LogP contribution in [-0.4, -0.2) is 11.1 Å². The average Bonchev–Trinajstić information content (AvgIpc) is 2.35. The van der Waals surface area contributed by atoms with Gasteiger partial charge in [-0.25, -0.2) is 4.79 Å². The Bertz CT molecular complexity index is 690. The molecule has 0 fully saturated rings. The average molecular weight is 332 g/mol. The van der Waals surface area contributed by atoms with Gasteiger partial charge in [0.15, 0.2) is 0 Å². The number of carboxylic acid groups (broad SMARTS) is 1. The van der Waals surface area contributed by atoms with Gasteiger partial charge in [-0.05, 0) is 30.3 Å². The zero-order valence-corrected chi connectivity index (χ0v) is 12.2. The second-order valence-corrected chi connectivity index (χ2v) is 5.20. The highest BCUT2D eigenvalue weighted by Gasteiger charge is 2.13. The topological polar surface area (TPSA) is 75.4 Å². The summed E-state index contributed by atoms with van der Waals surface area (Å²) < 4.78 is 0. The third kappa shape index (κ3) is 3.10. The lowest BCUT2D eigenvalue weighted by molar-refractivity contribution is 0.0698. The first-order valence-electron chi connectivity index (χ1n) is 5.43. The first kappa shape index (κ1) is 14.8. The zero-order chi connectivity index (χ0) is 14.9. The third-order valence-corrected chi connectivity index (χ3v) is 3.59. The van der Waals surface area contributed by atoms with Crippen molar-refractivity contribution in [3.8, 4) is 0 Å². The number of anilines is 3. The van der Waals surface area contributed by atoms with Crippen molar-refractivity contribution in [1.82, 2.24) is 0 Å². The van der Waals surface area contributed by atoms with Crippen LogP contribution in [0.15, 0.2) is 30.3 Å². The van der Waals surface area contributed by atoms with E-state index >= 15 is 0 Å². The van der Waals surface area contributed by atoms with Gasteiger partial charge in [-0.15, -0.1) is 0 Å². The number of rotatable bonds is 3. The summed E-state index contributed by atoms with van der Waals surface area (Å²) in [5, 5.41) is 13.0. The molecule has 0 aliphatic heterocycles. The molecule has 104 valence electrons. The van der Waals surface area contributed by atoms with E-state index in [1.165, 1.54) is 30.3 Å². The van der Waals surface area contributed by atoms with E-state index in [1.54, 1.807) is 0 Å². The van der Waals surface area contributed by atoms with Crippen LogP contribution in [0, 0.1) is 0 Å². The molecule has 2 aromatic carbocycles. The Morgan fingerprint density at radius 2 is 1.65 bits per heavy atom. The van der Waals surface area contributed by atoms with Crippen LogP contribution >= 0.6 is 34.8 Å². The van der Waals surface area contributed by atoms with E-state index in [0.717, 1.165) is 0 Å². The quantitative estimate of drug-likeness (QED) is 0.564. The van der Waals surface area contributed by atoms with Crippen molar-refractivity contribution in [2.24, 2.45) is 0 Å². The van der Waals surface area contributed by atoms with Crippen molar-refractivity contribution in [2.75, 3.05) is 11.1 Å². The maximum Gasteiger partial charge on any atom is 0.337 e. The van der Waals surface area contributed by atoms with Crippen LogP contribution in [0.2, 0.25) is 15.1 Å². The summed E-state index contributed by atoms with van der Waals surface area (Å²) >= 11 is 17.8. The zero-order valence-electron chi connectivity index (χ0n) is 9.95. The predicted molar refractivity (Wildman–Crippen MR) is 82.6 cm³/mol. The van der Waals surface area contributed by atoms with Crippen molar-refractivity contribution >= 4 is 57.8 Å². The molecule has 0 heterocycles. The molecule has 2 aromatic rings. The molecule has 4 N–H and O–H groups in total. The van der Waals surface area contributed by atoms with Crippen LogP contribution in [0.3, 0.4) is 0 Å². The van der Waals surface area contributed by atoms with E-state index in [0.29, 0.717) is 32.1 Å². The van der Waals surface area contributed by atoms with E-state index in [2.05, 4.69) is 5.32 Å². The van der Waals surface area contributed by atoms with Gasteiger partial charge in [0.2, 0.25) is 0 Å². The fourth-order valence-corrected chi connectivity index (χ4v) is 2.21. The van der Waals surface area contributed by atoms with Gasteiger partial charge in [-0.2, -0.15) is 0 Å². The molecule has 20 heavy (non-hydrogen) atoms. The molecule has 0 radical (unpaired) electrons. The Balaban J connectivity index is 2.47. The first-order valence-corrected chi connectivity index (χ1v) is 6.56. The molecule has 0 saturated heterocycles. The van der Waals surface area contributed by atoms with Gasteiger partial charge in [0.1, 0.15) is 0 Å². The Kier molecular flexibility index (Phi) is 4.28. The number of nitrogen functional groups attached to an aromatic ring is 1. The molecule has 0 bridgehead atoms. The fourth-order valence-electron chi connectivity index (χ4n) is 1.62. The van der Waals surface area contributed by atoms with E-state index < -0.39 is 5.97 Å². The number of nitrogens with one attached hydrogen (secondary N) is 1. The molecule has 0 spiro atoms. The molecule has 0 saturated carbocycles. The van der Waals surface area contributed by atoms with Gasteiger partial charge in [-0.3, -0.25) is 0 Å². The Hall–Kier alpha value is -1.62. The lowest BCUT2D eigenvalue weighted by Gasteiger charge is -2.12. The van der Waals surface area contributed by atoms with Crippen molar-refractivity contribution in [1.29, 1.82) is 0 Å². The number of benzene rings is 2. The summed E-state index contributed by atoms with van der Waals surface area (Å²) in [6.07, 6.45) is 0. The van der Waals surface area contributed by atoms with Crippen LogP contribution in [0.1, 0.15) is 10.4 Å². The van der Waals surface area contributed by atoms with E-state index in [1.807, 2.05) is 0 Å². The van der Waals surface area contributed by atoms with Gasteiger partial charge < -0.3 is 16.2 Å². The minimum atomic E-state index is -1.08. The number of hydrogen-bond acceptors (Lipinski definition) is 3. The van der Waals surface area contributed by atoms with E-state index in [-0.39, 0.29) is 5.56 Å². The molecule has 0 aliphatic rings. The number of carboxylic acids is 1. The molecule has 0 unspecified atom stereocenters. The lowest BCUT2D eigenvalue weighted by Crippen LogP contribution is -2.04. The van der Waals surface area contributed by atoms with Crippen LogP contribution in [0.4, 0.5) is 17.1 Å². The normalized spacial score (nSPS) is 10.3. The SMILES string of the molecule is Nc1ccc(C(=O)O)c(Nc2cc(Cl)c(Cl)cc2Cl)c1. The molecular weight excluding hydrogens is 323 g/mol. The molecule has 0 aromatic heterocycles. The number of aromatic carboxylic acids is 1. The largest absolute Gasteiger partial charge is 0.478 e. The van der Waals surface area contributed by atoms with Crippen LogP contribution < -0.4 is 11.1 Å². The van der Waals surface area contributed by atoms with Crippen molar-refractivity contribution in [3.63, 3.8) is 0 Å². The first-order chi connectivity index (χ1) is 9.38. The highest BCUT2D eigenvalue weighted by molar-refractivity contribution is 6.44. The second-order valence-electron chi connectivity index (χ2n) is 3.98. The molecule has 0 amide bonds. The molecule has 4 nitrogen and oxygen atoms in total. The lowest BCUT2D eigenvalue weighted by atomic mass is 10.1. The van der Waals surface area contributed by atoms with Crippen LogP contribution in [0.25, 0.3) is 0 Å². The highest BCUT2D eigenvalue weighted by atomic mass is 35.5. The Labute approximate surface area is 130 Å². The maximum atomic E-state index is 11.2. The van der Waals surface area contributed by atoms with Gasteiger partial charge in [-0.1, -0.05) is 34.8 Å². The van der Waals surface area contributed by atoms with Gasteiger partial charge in [0, 0.05) is 5.69 Å². The third-order valence-electron chi connectivity index (χ3n) is 2.55. The summed E-state index contributed by atoms with van der Waals surface area (Å²) in [4.78, 5) is 11.2. The summed E-state index contributed by atoms with van der Waals surface area (Å²) in [5.74, 6) is -1.08.